The normalized spacial score (nSPS) is 14.0. The molecule has 1 atom stereocenters. The molecule has 0 radical (unpaired) electrons. The fourth-order valence-corrected chi connectivity index (χ4v) is 4.65. The highest BCUT2D eigenvalue weighted by Crippen LogP contribution is 2.35. The number of guanidine groups is 1. The highest BCUT2D eigenvalue weighted by Gasteiger charge is 2.16. The summed E-state index contributed by atoms with van der Waals surface area (Å²) >= 11 is 0. The molecule has 0 heterocycles. The maximum absolute atomic E-state index is 6.35. The van der Waals surface area contributed by atoms with Crippen molar-refractivity contribution < 1.29 is 0 Å². The van der Waals surface area contributed by atoms with Crippen LogP contribution in [-0.2, 0) is 19.3 Å². The highest BCUT2D eigenvalue weighted by molar-refractivity contribution is 6.05. The first kappa shape index (κ1) is 19.4. The van der Waals surface area contributed by atoms with Gasteiger partial charge in [-0.25, -0.2) is 0 Å². The van der Waals surface area contributed by atoms with Crippen molar-refractivity contribution in [2.45, 2.75) is 25.2 Å². The topological polar surface area (TPSA) is 50.4 Å². The van der Waals surface area contributed by atoms with Crippen LogP contribution < -0.4 is 11.1 Å². The summed E-state index contributed by atoms with van der Waals surface area (Å²) in [6.07, 6.45) is 3.18. The number of aryl methyl sites for hydroxylation is 2. The van der Waals surface area contributed by atoms with E-state index in [-0.39, 0.29) is 5.92 Å². The van der Waals surface area contributed by atoms with E-state index in [0.29, 0.717) is 12.5 Å². The van der Waals surface area contributed by atoms with Gasteiger partial charge in [-0.1, -0.05) is 84.9 Å². The molecule has 0 saturated carbocycles. The Morgan fingerprint density at radius 1 is 0.806 bits per heavy atom. The fourth-order valence-electron chi connectivity index (χ4n) is 4.65. The summed E-state index contributed by atoms with van der Waals surface area (Å²) < 4.78 is 0. The van der Waals surface area contributed by atoms with Crippen LogP contribution in [0.1, 0.15) is 28.2 Å². The molecule has 0 fully saturated rings. The molecule has 31 heavy (non-hydrogen) atoms. The maximum Gasteiger partial charge on any atom is 0.193 e. The minimum absolute atomic E-state index is 0.275. The van der Waals surface area contributed by atoms with E-state index in [1.165, 1.54) is 33.0 Å². The molecule has 1 aliphatic rings. The Bertz CT molecular complexity index is 1200. The lowest BCUT2D eigenvalue weighted by Gasteiger charge is -2.17. The van der Waals surface area contributed by atoms with Crippen molar-refractivity contribution in [3.05, 3.63) is 113 Å². The van der Waals surface area contributed by atoms with E-state index in [4.69, 9.17) is 10.7 Å². The summed E-state index contributed by atoms with van der Waals surface area (Å²) in [5.41, 5.74) is 12.8. The number of benzene rings is 4. The molecular weight excluding hydrogens is 378 g/mol. The lowest BCUT2D eigenvalue weighted by molar-refractivity contribution is 0.695. The van der Waals surface area contributed by atoms with Crippen LogP contribution in [-0.4, -0.2) is 12.5 Å². The molecule has 0 amide bonds. The Balaban J connectivity index is 1.37. The van der Waals surface area contributed by atoms with E-state index in [1.54, 1.807) is 0 Å². The van der Waals surface area contributed by atoms with Gasteiger partial charge in [0.1, 0.15) is 0 Å². The van der Waals surface area contributed by atoms with Gasteiger partial charge < -0.3 is 11.1 Å². The molecule has 0 spiro atoms. The van der Waals surface area contributed by atoms with Crippen molar-refractivity contribution in [1.82, 2.24) is 0 Å². The lowest BCUT2D eigenvalue weighted by Crippen LogP contribution is -2.24. The third-order valence-electron chi connectivity index (χ3n) is 6.22. The summed E-state index contributed by atoms with van der Waals surface area (Å²) in [6.45, 7) is 0.638. The molecule has 4 aromatic rings. The first-order valence-corrected chi connectivity index (χ1v) is 11.0. The average Bonchev–Trinajstić information content (AvgIpc) is 3.24. The van der Waals surface area contributed by atoms with E-state index in [0.717, 1.165) is 24.9 Å². The minimum Gasteiger partial charge on any atom is -0.370 e. The second-order valence-electron chi connectivity index (χ2n) is 8.26. The number of nitrogens with two attached hydrogens (primary N) is 1. The molecular formula is C28H27N3. The fraction of sp³-hybridized carbons (Fsp3) is 0.179. The molecule has 0 aliphatic heterocycles. The number of nitrogens with zero attached hydrogens (tertiary/aromatic N) is 1. The van der Waals surface area contributed by atoms with Crippen molar-refractivity contribution in [3.8, 4) is 0 Å². The Hall–Kier alpha value is -3.59. The largest absolute Gasteiger partial charge is 0.370 e. The van der Waals surface area contributed by atoms with Crippen molar-refractivity contribution in [1.29, 1.82) is 0 Å². The van der Waals surface area contributed by atoms with Crippen LogP contribution in [0.2, 0.25) is 0 Å². The smallest absolute Gasteiger partial charge is 0.193 e. The average molecular weight is 406 g/mol. The molecule has 0 bridgehead atoms. The van der Waals surface area contributed by atoms with Crippen LogP contribution >= 0.6 is 0 Å². The first-order chi connectivity index (χ1) is 15.3. The third kappa shape index (κ3) is 4.17. The SMILES string of the molecule is NC(=NCC(Cc1ccccc1)c1ccccc1)Nc1ccc2c3c(cccc13)CC2. The van der Waals surface area contributed by atoms with Crippen molar-refractivity contribution in [3.63, 3.8) is 0 Å². The van der Waals surface area contributed by atoms with E-state index >= 15 is 0 Å². The Kier molecular flexibility index (Phi) is 5.40. The molecule has 1 aliphatic carbocycles. The minimum atomic E-state index is 0.275. The van der Waals surface area contributed by atoms with E-state index in [9.17, 15) is 0 Å². The molecule has 3 N–H and O–H groups in total. The summed E-state index contributed by atoms with van der Waals surface area (Å²) in [5.74, 6) is 0.740. The summed E-state index contributed by atoms with van der Waals surface area (Å²) in [7, 11) is 0. The molecule has 3 heteroatoms. The first-order valence-electron chi connectivity index (χ1n) is 11.0. The van der Waals surface area contributed by atoms with Crippen molar-refractivity contribution in [2.24, 2.45) is 10.7 Å². The number of anilines is 1. The Morgan fingerprint density at radius 2 is 1.52 bits per heavy atom. The van der Waals surface area contributed by atoms with Crippen LogP contribution in [0.3, 0.4) is 0 Å². The number of nitrogens with one attached hydrogen (secondary N) is 1. The van der Waals surface area contributed by atoms with Crippen molar-refractivity contribution in [2.75, 3.05) is 11.9 Å². The zero-order chi connectivity index (χ0) is 21.0. The number of hydrogen-bond donors (Lipinski definition) is 2. The standard InChI is InChI=1S/C28H27N3/c29-28(31-26-17-16-23-15-14-22-12-7-13-25(26)27(22)23)30-19-24(21-10-5-2-6-11-21)18-20-8-3-1-4-9-20/h1-13,16-17,24H,14-15,18-19H2,(H3,29,30,31). The Morgan fingerprint density at radius 3 is 2.29 bits per heavy atom. The number of hydrogen-bond acceptors (Lipinski definition) is 1. The van der Waals surface area contributed by atoms with Gasteiger partial charge >= 0.3 is 0 Å². The van der Waals surface area contributed by atoms with E-state index < -0.39 is 0 Å². The zero-order valence-corrected chi connectivity index (χ0v) is 17.6. The van der Waals surface area contributed by atoms with Gasteiger partial charge in [0.25, 0.3) is 0 Å². The molecule has 154 valence electrons. The predicted octanol–water partition coefficient (Wildman–Crippen LogP) is 5.69. The third-order valence-corrected chi connectivity index (χ3v) is 6.22. The molecule has 5 rings (SSSR count). The monoisotopic (exact) mass is 405 g/mol. The molecule has 3 nitrogen and oxygen atoms in total. The highest BCUT2D eigenvalue weighted by atomic mass is 15.1. The van der Waals surface area contributed by atoms with Crippen LogP contribution in [0.4, 0.5) is 5.69 Å². The predicted molar refractivity (Wildman–Crippen MR) is 131 cm³/mol. The van der Waals surface area contributed by atoms with Gasteiger partial charge in [0, 0.05) is 23.5 Å². The van der Waals surface area contributed by atoms with Crippen LogP contribution in [0, 0.1) is 0 Å². The zero-order valence-electron chi connectivity index (χ0n) is 17.6. The van der Waals surface area contributed by atoms with Gasteiger partial charge in [0.2, 0.25) is 0 Å². The van der Waals surface area contributed by atoms with Gasteiger partial charge in [-0.15, -0.1) is 0 Å². The molecule has 0 saturated heterocycles. The van der Waals surface area contributed by atoms with Gasteiger partial charge in [-0.3, -0.25) is 4.99 Å². The summed E-state index contributed by atoms with van der Waals surface area (Å²) in [4.78, 5) is 4.74. The quantitative estimate of drug-likeness (QED) is 0.320. The van der Waals surface area contributed by atoms with Gasteiger partial charge in [-0.05, 0) is 53.0 Å². The number of aliphatic imine (C=N–C) groups is 1. The molecule has 4 aromatic carbocycles. The van der Waals surface area contributed by atoms with Crippen LogP contribution in [0.25, 0.3) is 10.8 Å². The van der Waals surface area contributed by atoms with E-state index in [1.807, 2.05) is 0 Å². The maximum atomic E-state index is 6.35. The molecule has 1 unspecified atom stereocenters. The van der Waals surface area contributed by atoms with E-state index in [2.05, 4.69) is 96.3 Å². The lowest BCUT2D eigenvalue weighted by atomic mass is 9.92. The summed E-state index contributed by atoms with van der Waals surface area (Å²) in [5, 5.41) is 5.98. The second-order valence-corrected chi connectivity index (χ2v) is 8.26. The van der Waals surface area contributed by atoms with Gasteiger partial charge in [0.15, 0.2) is 5.96 Å². The van der Waals surface area contributed by atoms with Gasteiger partial charge in [-0.2, -0.15) is 0 Å². The van der Waals surface area contributed by atoms with Gasteiger partial charge in [0.05, 0.1) is 0 Å². The van der Waals surface area contributed by atoms with Crippen molar-refractivity contribution >= 4 is 22.4 Å². The number of rotatable bonds is 6. The second kappa shape index (κ2) is 8.65. The summed E-state index contributed by atoms with van der Waals surface area (Å²) in [6, 6.07) is 32.1. The van der Waals surface area contributed by atoms with Crippen LogP contribution in [0.15, 0.2) is 96.0 Å². The van der Waals surface area contributed by atoms with Crippen LogP contribution in [0.5, 0.6) is 0 Å². The molecule has 0 aromatic heterocycles. The Labute approximate surface area is 183 Å².